The highest BCUT2D eigenvalue weighted by atomic mass is 35.5. The molecule has 0 unspecified atom stereocenters. The number of phenolic OH excluding ortho intramolecular Hbond substituents is 1. The molecular formula is C19H20ClN3O3S. The zero-order chi connectivity index (χ0) is 18.1. The Labute approximate surface area is 167 Å². The summed E-state index contributed by atoms with van der Waals surface area (Å²) < 4.78 is 6.79. The van der Waals surface area contributed by atoms with Gasteiger partial charge in [-0.25, -0.2) is 4.98 Å². The van der Waals surface area contributed by atoms with Crippen LogP contribution in [0, 0.1) is 0 Å². The molecule has 0 saturated heterocycles. The fourth-order valence-electron chi connectivity index (χ4n) is 3.11. The van der Waals surface area contributed by atoms with Crippen molar-refractivity contribution in [2.45, 2.75) is 13.0 Å². The van der Waals surface area contributed by atoms with Crippen molar-refractivity contribution in [3.8, 4) is 22.1 Å². The highest BCUT2D eigenvalue weighted by molar-refractivity contribution is 7.21. The van der Waals surface area contributed by atoms with Crippen LogP contribution in [-0.4, -0.2) is 40.6 Å². The number of aromatic nitrogens is 1. The SMILES string of the molecule is Cl.NCCC(=O)N1CCOc2c(O)cc(-c3nc4ccccc4s3)cc2C1. The summed E-state index contributed by atoms with van der Waals surface area (Å²) in [7, 11) is 0. The van der Waals surface area contributed by atoms with Gasteiger partial charge in [-0.15, -0.1) is 23.7 Å². The second kappa shape index (κ2) is 8.12. The van der Waals surface area contributed by atoms with E-state index in [9.17, 15) is 9.90 Å². The molecule has 1 aliphatic rings. The summed E-state index contributed by atoms with van der Waals surface area (Å²) in [5.41, 5.74) is 8.03. The molecule has 3 N–H and O–H groups in total. The maximum Gasteiger partial charge on any atom is 0.224 e. The Morgan fingerprint density at radius 3 is 2.93 bits per heavy atom. The third-order valence-corrected chi connectivity index (χ3v) is 5.45. The zero-order valence-corrected chi connectivity index (χ0v) is 16.2. The number of fused-ring (bicyclic) bond motifs is 2. The fourth-order valence-corrected chi connectivity index (χ4v) is 4.07. The van der Waals surface area contributed by atoms with Crippen molar-refractivity contribution in [1.82, 2.24) is 9.88 Å². The number of benzene rings is 2. The maximum atomic E-state index is 12.2. The highest BCUT2D eigenvalue weighted by Gasteiger charge is 2.23. The monoisotopic (exact) mass is 405 g/mol. The number of ether oxygens (including phenoxy) is 1. The Bertz CT molecular complexity index is 943. The van der Waals surface area contributed by atoms with Crippen molar-refractivity contribution in [2.24, 2.45) is 5.73 Å². The Morgan fingerprint density at radius 1 is 1.33 bits per heavy atom. The molecule has 0 radical (unpaired) electrons. The number of thiazole rings is 1. The summed E-state index contributed by atoms with van der Waals surface area (Å²) in [6.45, 7) is 1.53. The number of para-hydroxylation sites is 1. The third kappa shape index (κ3) is 3.85. The minimum atomic E-state index is -0.00571. The minimum absolute atomic E-state index is 0. The highest BCUT2D eigenvalue weighted by Crippen LogP contribution is 2.39. The number of nitrogens with two attached hydrogens (primary N) is 1. The minimum Gasteiger partial charge on any atom is -0.504 e. The van der Waals surface area contributed by atoms with E-state index in [0.717, 1.165) is 26.4 Å². The van der Waals surface area contributed by atoms with Crippen LogP contribution in [0.3, 0.4) is 0 Å². The van der Waals surface area contributed by atoms with Crippen molar-refractivity contribution in [1.29, 1.82) is 0 Å². The number of aromatic hydroxyl groups is 1. The van der Waals surface area contributed by atoms with Crippen molar-refractivity contribution in [3.05, 3.63) is 42.0 Å². The van der Waals surface area contributed by atoms with Crippen LogP contribution in [0.2, 0.25) is 0 Å². The maximum absolute atomic E-state index is 12.2. The summed E-state index contributed by atoms with van der Waals surface area (Å²) in [4.78, 5) is 18.6. The molecule has 0 bridgehead atoms. The topological polar surface area (TPSA) is 88.7 Å². The zero-order valence-electron chi connectivity index (χ0n) is 14.6. The second-order valence-corrected chi connectivity index (χ2v) is 7.20. The summed E-state index contributed by atoms with van der Waals surface area (Å²) in [5, 5.41) is 11.3. The molecule has 0 saturated carbocycles. The van der Waals surface area contributed by atoms with E-state index in [1.54, 1.807) is 22.3 Å². The first kappa shape index (κ1) is 19.4. The largest absolute Gasteiger partial charge is 0.504 e. The Morgan fingerprint density at radius 2 is 2.15 bits per heavy atom. The van der Waals surface area contributed by atoms with Crippen LogP contribution in [0.15, 0.2) is 36.4 Å². The normalized spacial score (nSPS) is 13.4. The summed E-state index contributed by atoms with van der Waals surface area (Å²) >= 11 is 1.57. The molecular weight excluding hydrogens is 386 g/mol. The molecule has 1 amide bonds. The molecule has 8 heteroatoms. The van der Waals surface area contributed by atoms with Crippen LogP contribution < -0.4 is 10.5 Å². The lowest BCUT2D eigenvalue weighted by molar-refractivity contribution is -0.131. The average molecular weight is 406 g/mol. The van der Waals surface area contributed by atoms with Crippen LogP contribution in [0.1, 0.15) is 12.0 Å². The molecule has 0 fully saturated rings. The number of carbonyl (C=O) groups excluding carboxylic acids is 1. The van der Waals surface area contributed by atoms with Gasteiger partial charge in [0.1, 0.15) is 11.6 Å². The van der Waals surface area contributed by atoms with Gasteiger partial charge in [0, 0.05) is 30.6 Å². The van der Waals surface area contributed by atoms with Crippen LogP contribution in [-0.2, 0) is 11.3 Å². The van der Waals surface area contributed by atoms with Gasteiger partial charge in [0.15, 0.2) is 11.5 Å². The molecule has 1 aromatic heterocycles. The number of phenols is 1. The lowest BCUT2D eigenvalue weighted by Crippen LogP contribution is -2.33. The number of halogens is 1. The van der Waals surface area contributed by atoms with E-state index in [1.807, 2.05) is 30.3 Å². The fraction of sp³-hybridized carbons (Fsp3) is 0.263. The standard InChI is InChI=1S/C19H19N3O3S.ClH/c20-6-5-17(24)22-7-8-25-18-13(11-22)9-12(10-15(18)23)19-21-14-3-1-2-4-16(14)26-19;/h1-4,9-10,23H,5-8,11,20H2;1H. The smallest absolute Gasteiger partial charge is 0.224 e. The summed E-state index contributed by atoms with van der Waals surface area (Å²) in [5.74, 6) is 0.511. The van der Waals surface area contributed by atoms with Crippen molar-refractivity contribution < 1.29 is 14.6 Å². The molecule has 2 aromatic carbocycles. The van der Waals surface area contributed by atoms with Gasteiger partial charge in [-0.05, 0) is 24.3 Å². The number of carbonyl (C=O) groups is 1. The average Bonchev–Trinajstić information content (AvgIpc) is 2.94. The van der Waals surface area contributed by atoms with Crippen molar-refractivity contribution >= 4 is 39.9 Å². The van der Waals surface area contributed by atoms with Crippen molar-refractivity contribution in [3.63, 3.8) is 0 Å². The number of amides is 1. The second-order valence-electron chi connectivity index (χ2n) is 6.17. The van der Waals surface area contributed by atoms with Crippen LogP contribution in [0.25, 0.3) is 20.8 Å². The number of hydrogen-bond acceptors (Lipinski definition) is 6. The quantitative estimate of drug-likeness (QED) is 0.698. The van der Waals surface area contributed by atoms with E-state index < -0.39 is 0 Å². The Hall–Kier alpha value is -2.35. The summed E-state index contributed by atoms with van der Waals surface area (Å²) in [6, 6.07) is 11.5. The Balaban J connectivity index is 0.00000210. The molecule has 0 aliphatic carbocycles. The van der Waals surface area contributed by atoms with Gasteiger partial charge in [0.05, 0.1) is 16.8 Å². The Kier molecular flexibility index (Phi) is 5.84. The van der Waals surface area contributed by atoms with E-state index in [1.165, 1.54) is 0 Å². The molecule has 3 aromatic rings. The first-order valence-electron chi connectivity index (χ1n) is 8.48. The molecule has 0 spiro atoms. The van der Waals surface area contributed by atoms with Crippen LogP contribution in [0.5, 0.6) is 11.5 Å². The molecule has 2 heterocycles. The van der Waals surface area contributed by atoms with Gasteiger partial charge >= 0.3 is 0 Å². The van der Waals surface area contributed by atoms with Gasteiger partial charge in [0.2, 0.25) is 5.91 Å². The molecule has 6 nitrogen and oxygen atoms in total. The van der Waals surface area contributed by atoms with Gasteiger partial charge in [-0.1, -0.05) is 12.1 Å². The first-order chi connectivity index (χ1) is 12.7. The van der Waals surface area contributed by atoms with E-state index in [2.05, 4.69) is 4.98 Å². The van der Waals surface area contributed by atoms with Gasteiger partial charge in [-0.3, -0.25) is 4.79 Å². The van der Waals surface area contributed by atoms with E-state index >= 15 is 0 Å². The van der Waals surface area contributed by atoms with Crippen molar-refractivity contribution in [2.75, 3.05) is 19.7 Å². The summed E-state index contributed by atoms with van der Waals surface area (Å²) in [6.07, 6.45) is 0.304. The van der Waals surface area contributed by atoms with E-state index in [4.69, 9.17) is 10.5 Å². The van der Waals surface area contributed by atoms with Crippen LogP contribution >= 0.6 is 23.7 Å². The molecule has 27 heavy (non-hydrogen) atoms. The van der Waals surface area contributed by atoms with E-state index in [0.29, 0.717) is 38.4 Å². The van der Waals surface area contributed by atoms with Gasteiger partial charge in [0.25, 0.3) is 0 Å². The predicted octanol–water partition coefficient (Wildman–Crippen LogP) is 3.16. The molecule has 1 aliphatic heterocycles. The van der Waals surface area contributed by atoms with Gasteiger partial charge in [-0.2, -0.15) is 0 Å². The lowest BCUT2D eigenvalue weighted by Gasteiger charge is -2.19. The lowest BCUT2D eigenvalue weighted by atomic mass is 10.1. The van der Waals surface area contributed by atoms with Crippen LogP contribution in [0.4, 0.5) is 0 Å². The molecule has 142 valence electrons. The first-order valence-corrected chi connectivity index (χ1v) is 9.30. The van der Waals surface area contributed by atoms with Gasteiger partial charge < -0.3 is 20.5 Å². The number of rotatable bonds is 3. The number of hydrogen-bond donors (Lipinski definition) is 2. The third-order valence-electron chi connectivity index (χ3n) is 4.37. The molecule has 4 rings (SSSR count). The predicted molar refractivity (Wildman–Crippen MR) is 109 cm³/mol. The van der Waals surface area contributed by atoms with E-state index in [-0.39, 0.29) is 24.1 Å². The molecule has 0 atom stereocenters. The number of nitrogens with zero attached hydrogens (tertiary/aromatic N) is 2.